The van der Waals surface area contributed by atoms with Gasteiger partial charge >= 0.3 is 0 Å². The number of ether oxygens (including phenoxy) is 1. The first-order chi connectivity index (χ1) is 14.9. The summed E-state index contributed by atoms with van der Waals surface area (Å²) in [5.74, 6) is 1.40. The maximum Gasteiger partial charge on any atom is 0.248 e. The van der Waals surface area contributed by atoms with Gasteiger partial charge in [0.1, 0.15) is 11.8 Å². The molecule has 1 unspecified atom stereocenters. The van der Waals surface area contributed by atoms with Gasteiger partial charge in [0.15, 0.2) is 0 Å². The van der Waals surface area contributed by atoms with Gasteiger partial charge in [0.2, 0.25) is 21.8 Å². The van der Waals surface area contributed by atoms with Crippen LogP contribution in [0.2, 0.25) is 0 Å². The van der Waals surface area contributed by atoms with E-state index < -0.39 is 16.1 Å². The molecule has 8 nitrogen and oxygen atoms in total. The van der Waals surface area contributed by atoms with E-state index in [0.717, 1.165) is 6.42 Å². The maximum atomic E-state index is 13.1. The molecule has 0 aromatic heterocycles. The maximum absolute atomic E-state index is 13.1. The van der Waals surface area contributed by atoms with Gasteiger partial charge < -0.3 is 15.0 Å². The SMILES string of the molecule is CCCCS(=O)(=O)N1CCC(C(=O)N2CSCC2C(=O)Nc2ccc(OC)cc2)CC1. The quantitative estimate of drug-likeness (QED) is 0.628. The third-order valence-corrected chi connectivity index (χ3v) is 8.75. The summed E-state index contributed by atoms with van der Waals surface area (Å²) in [6.07, 6.45) is 2.48. The average Bonchev–Trinajstić information content (AvgIpc) is 3.28. The van der Waals surface area contributed by atoms with E-state index in [2.05, 4.69) is 5.32 Å². The van der Waals surface area contributed by atoms with E-state index in [1.807, 2.05) is 6.92 Å². The number of unbranched alkanes of at least 4 members (excludes halogenated alkanes) is 1. The molecule has 2 aliphatic heterocycles. The van der Waals surface area contributed by atoms with Crippen LogP contribution in [0.15, 0.2) is 24.3 Å². The molecule has 0 bridgehead atoms. The summed E-state index contributed by atoms with van der Waals surface area (Å²) in [7, 11) is -1.66. The minimum absolute atomic E-state index is 0.0505. The number of carbonyl (C=O) groups is 2. The highest BCUT2D eigenvalue weighted by Crippen LogP contribution is 2.29. The fraction of sp³-hybridized carbons (Fsp3) is 0.619. The molecule has 1 N–H and O–H groups in total. The Bertz CT molecular complexity index is 868. The van der Waals surface area contributed by atoms with Crippen LogP contribution >= 0.6 is 11.8 Å². The lowest BCUT2D eigenvalue weighted by Gasteiger charge is -2.33. The van der Waals surface area contributed by atoms with Gasteiger partial charge in [0.05, 0.1) is 18.7 Å². The van der Waals surface area contributed by atoms with E-state index in [4.69, 9.17) is 4.74 Å². The van der Waals surface area contributed by atoms with Crippen LogP contribution in [0.1, 0.15) is 32.6 Å². The third-order valence-electron chi connectivity index (χ3n) is 5.78. The largest absolute Gasteiger partial charge is 0.497 e. The molecule has 2 amide bonds. The number of piperidine rings is 1. The van der Waals surface area contributed by atoms with Gasteiger partial charge in [0.25, 0.3) is 0 Å². The summed E-state index contributed by atoms with van der Waals surface area (Å²) >= 11 is 1.56. The van der Waals surface area contributed by atoms with Crippen LogP contribution in [0.3, 0.4) is 0 Å². The summed E-state index contributed by atoms with van der Waals surface area (Å²) in [5, 5.41) is 2.88. The summed E-state index contributed by atoms with van der Waals surface area (Å²) < 4.78 is 31.4. The summed E-state index contributed by atoms with van der Waals surface area (Å²) in [6.45, 7) is 2.70. The smallest absolute Gasteiger partial charge is 0.248 e. The van der Waals surface area contributed by atoms with Crippen molar-refractivity contribution < 1.29 is 22.7 Å². The van der Waals surface area contributed by atoms with Crippen molar-refractivity contribution in [1.82, 2.24) is 9.21 Å². The Morgan fingerprint density at radius 1 is 1.19 bits per heavy atom. The lowest BCUT2D eigenvalue weighted by molar-refractivity contribution is -0.140. The van der Waals surface area contributed by atoms with Crippen molar-refractivity contribution in [3.63, 3.8) is 0 Å². The number of amides is 2. The molecule has 1 atom stereocenters. The molecule has 3 rings (SSSR count). The van der Waals surface area contributed by atoms with Crippen molar-refractivity contribution in [2.75, 3.05) is 42.9 Å². The number of hydrogen-bond donors (Lipinski definition) is 1. The lowest BCUT2D eigenvalue weighted by atomic mass is 9.96. The highest BCUT2D eigenvalue weighted by molar-refractivity contribution is 7.99. The predicted molar refractivity (Wildman–Crippen MR) is 123 cm³/mol. The zero-order valence-corrected chi connectivity index (χ0v) is 19.7. The number of hydrogen-bond acceptors (Lipinski definition) is 6. The van der Waals surface area contributed by atoms with E-state index in [1.54, 1.807) is 48.0 Å². The Morgan fingerprint density at radius 2 is 1.87 bits per heavy atom. The van der Waals surface area contributed by atoms with Gasteiger partial charge in [-0.25, -0.2) is 12.7 Å². The molecular formula is C21H31N3O5S2. The number of methoxy groups -OCH3 is 1. The van der Waals surface area contributed by atoms with Gasteiger partial charge in [-0.3, -0.25) is 9.59 Å². The summed E-state index contributed by atoms with van der Waals surface area (Å²) in [5.41, 5.74) is 0.653. The average molecular weight is 470 g/mol. The summed E-state index contributed by atoms with van der Waals surface area (Å²) in [6, 6.07) is 6.54. The first kappa shape index (κ1) is 23.9. The third kappa shape index (κ3) is 5.93. The standard InChI is InChI=1S/C21H31N3O5S2/c1-3-4-13-31(27,28)23-11-9-16(10-12-23)21(26)24-15-30-14-19(24)20(25)22-17-5-7-18(29-2)8-6-17/h5-8,16,19H,3-4,9-15H2,1-2H3,(H,22,25). The molecule has 1 aromatic carbocycles. The number of anilines is 1. The Labute approximate surface area is 188 Å². The Balaban J connectivity index is 1.56. The monoisotopic (exact) mass is 469 g/mol. The molecule has 1 aromatic rings. The second-order valence-corrected chi connectivity index (χ2v) is 11.0. The topological polar surface area (TPSA) is 96.0 Å². The highest BCUT2D eigenvalue weighted by Gasteiger charge is 2.39. The van der Waals surface area contributed by atoms with Gasteiger partial charge in [-0.05, 0) is 43.5 Å². The molecular weight excluding hydrogens is 438 g/mol. The Kier molecular flexibility index (Phi) is 8.23. The molecule has 10 heteroatoms. The fourth-order valence-corrected chi connectivity index (χ4v) is 6.69. The van der Waals surface area contributed by atoms with Crippen molar-refractivity contribution in [1.29, 1.82) is 0 Å². The molecule has 0 radical (unpaired) electrons. The van der Waals surface area contributed by atoms with Crippen LogP contribution in [0.5, 0.6) is 5.75 Å². The van der Waals surface area contributed by atoms with Gasteiger partial charge in [-0.1, -0.05) is 13.3 Å². The molecule has 2 heterocycles. The molecule has 172 valence electrons. The Morgan fingerprint density at radius 3 is 2.48 bits per heavy atom. The lowest BCUT2D eigenvalue weighted by Crippen LogP contribution is -2.49. The van der Waals surface area contributed by atoms with Gasteiger partial charge in [0, 0.05) is 30.4 Å². The molecule has 0 aliphatic carbocycles. The number of sulfonamides is 1. The van der Waals surface area contributed by atoms with Crippen molar-refractivity contribution >= 4 is 39.3 Å². The number of thioether (sulfide) groups is 1. The number of carbonyl (C=O) groups excluding carboxylic acids is 2. The minimum atomic E-state index is -3.25. The van der Waals surface area contributed by atoms with E-state index in [-0.39, 0.29) is 23.5 Å². The van der Waals surface area contributed by atoms with Crippen LogP contribution < -0.4 is 10.1 Å². The molecule has 2 fully saturated rings. The molecule has 2 saturated heterocycles. The number of nitrogens with one attached hydrogen (secondary N) is 1. The van der Waals surface area contributed by atoms with E-state index in [0.29, 0.717) is 55.4 Å². The Hall–Kier alpha value is -1.78. The number of nitrogens with zero attached hydrogens (tertiary/aromatic N) is 2. The van der Waals surface area contributed by atoms with Crippen molar-refractivity contribution in [3.8, 4) is 5.75 Å². The van der Waals surface area contributed by atoms with E-state index >= 15 is 0 Å². The zero-order chi connectivity index (χ0) is 22.4. The fourth-order valence-electron chi connectivity index (χ4n) is 3.85. The minimum Gasteiger partial charge on any atom is -0.497 e. The summed E-state index contributed by atoms with van der Waals surface area (Å²) in [4.78, 5) is 27.6. The van der Waals surface area contributed by atoms with Crippen LogP contribution in [0.25, 0.3) is 0 Å². The van der Waals surface area contributed by atoms with Crippen molar-refractivity contribution in [3.05, 3.63) is 24.3 Å². The molecule has 0 spiro atoms. The predicted octanol–water partition coefficient (Wildman–Crippen LogP) is 2.38. The highest BCUT2D eigenvalue weighted by atomic mass is 32.2. The van der Waals surface area contributed by atoms with Crippen LogP contribution in [-0.2, 0) is 19.6 Å². The van der Waals surface area contributed by atoms with E-state index in [9.17, 15) is 18.0 Å². The first-order valence-corrected chi connectivity index (χ1v) is 13.4. The van der Waals surface area contributed by atoms with E-state index in [1.165, 1.54) is 4.31 Å². The van der Waals surface area contributed by atoms with Crippen molar-refractivity contribution in [2.45, 2.75) is 38.6 Å². The zero-order valence-electron chi connectivity index (χ0n) is 18.1. The number of benzene rings is 1. The second-order valence-electron chi connectivity index (χ2n) is 7.88. The van der Waals surface area contributed by atoms with Crippen LogP contribution in [-0.4, -0.2) is 73.1 Å². The molecule has 2 aliphatic rings. The van der Waals surface area contributed by atoms with Crippen molar-refractivity contribution in [2.24, 2.45) is 5.92 Å². The molecule has 31 heavy (non-hydrogen) atoms. The van der Waals surface area contributed by atoms with Crippen LogP contribution in [0.4, 0.5) is 5.69 Å². The number of rotatable bonds is 8. The molecule has 0 saturated carbocycles. The second kappa shape index (κ2) is 10.7. The van der Waals surface area contributed by atoms with Gasteiger partial charge in [-0.15, -0.1) is 11.8 Å². The normalized spacial score (nSPS) is 20.6. The van der Waals surface area contributed by atoms with Gasteiger partial charge in [-0.2, -0.15) is 0 Å². The first-order valence-electron chi connectivity index (χ1n) is 10.7. The van der Waals surface area contributed by atoms with Crippen LogP contribution in [0, 0.1) is 5.92 Å².